The third kappa shape index (κ3) is 2.96. The van der Waals surface area contributed by atoms with Gasteiger partial charge in [-0.25, -0.2) is 0 Å². The van der Waals surface area contributed by atoms with Gasteiger partial charge in [0, 0.05) is 19.6 Å². The number of hydrogen-bond acceptors (Lipinski definition) is 3. The predicted molar refractivity (Wildman–Crippen MR) is 55.0 cm³/mol. The van der Waals surface area contributed by atoms with Crippen molar-refractivity contribution < 1.29 is 9.90 Å². The Balaban J connectivity index is 2.22. The van der Waals surface area contributed by atoms with Crippen molar-refractivity contribution in [2.24, 2.45) is 0 Å². The van der Waals surface area contributed by atoms with Crippen LogP contribution in [0.15, 0.2) is 0 Å². The van der Waals surface area contributed by atoms with Crippen LogP contribution in [0.1, 0.15) is 26.2 Å². The van der Waals surface area contributed by atoms with E-state index >= 15 is 0 Å². The number of amides is 1. The minimum atomic E-state index is -0.269. The van der Waals surface area contributed by atoms with E-state index in [-0.39, 0.29) is 18.1 Å². The molecule has 1 amide bonds. The van der Waals surface area contributed by atoms with Gasteiger partial charge in [-0.3, -0.25) is 4.79 Å². The number of carbonyl (C=O) groups is 1. The summed E-state index contributed by atoms with van der Waals surface area (Å²) in [5.41, 5.74) is 0. The summed E-state index contributed by atoms with van der Waals surface area (Å²) >= 11 is 0. The zero-order valence-electron chi connectivity index (χ0n) is 8.99. The molecule has 0 aliphatic heterocycles. The predicted octanol–water partition coefficient (Wildman–Crippen LogP) is -0.0323. The number of likely N-dealkylation sites (N-methyl/N-ethyl adjacent to an activating group) is 1. The first-order valence-electron chi connectivity index (χ1n) is 5.30. The molecule has 0 unspecified atom stereocenters. The highest BCUT2D eigenvalue weighted by atomic mass is 16.3. The summed E-state index contributed by atoms with van der Waals surface area (Å²) < 4.78 is 0. The van der Waals surface area contributed by atoms with E-state index in [0.29, 0.717) is 6.54 Å². The second-order valence-electron chi connectivity index (χ2n) is 3.89. The summed E-state index contributed by atoms with van der Waals surface area (Å²) in [5.74, 6) is 0.0894. The number of aliphatic hydroxyl groups is 1. The number of aliphatic hydroxyl groups excluding tert-OH is 1. The van der Waals surface area contributed by atoms with Crippen molar-refractivity contribution in [2.75, 3.05) is 20.1 Å². The fourth-order valence-electron chi connectivity index (χ4n) is 1.71. The Morgan fingerprint density at radius 2 is 2.29 bits per heavy atom. The standard InChI is InChI=1S/C10H20N2O2/c1-3-12(2)10(14)7-11-8-5-4-6-9(8)13/h8-9,11,13H,3-7H2,1-2H3/t8-,9-/m1/s1. The van der Waals surface area contributed by atoms with Gasteiger partial charge in [0.1, 0.15) is 0 Å². The first-order valence-corrected chi connectivity index (χ1v) is 5.30. The van der Waals surface area contributed by atoms with E-state index in [1.165, 1.54) is 0 Å². The molecular formula is C10H20N2O2. The zero-order chi connectivity index (χ0) is 10.6. The Hall–Kier alpha value is -0.610. The first-order chi connectivity index (χ1) is 6.65. The normalized spacial score (nSPS) is 26.5. The van der Waals surface area contributed by atoms with Gasteiger partial charge in [0.15, 0.2) is 0 Å². The summed E-state index contributed by atoms with van der Waals surface area (Å²) in [6.45, 7) is 3.02. The van der Waals surface area contributed by atoms with Gasteiger partial charge in [-0.2, -0.15) is 0 Å². The second kappa shape index (κ2) is 5.32. The molecule has 0 bridgehead atoms. The van der Waals surface area contributed by atoms with Gasteiger partial charge >= 0.3 is 0 Å². The highest BCUT2D eigenvalue weighted by Gasteiger charge is 2.25. The molecule has 0 radical (unpaired) electrons. The highest BCUT2D eigenvalue weighted by molar-refractivity contribution is 5.77. The third-order valence-electron chi connectivity index (χ3n) is 2.90. The van der Waals surface area contributed by atoms with E-state index in [2.05, 4.69) is 5.32 Å². The summed E-state index contributed by atoms with van der Waals surface area (Å²) in [5, 5.41) is 12.6. The Bertz CT molecular complexity index is 197. The van der Waals surface area contributed by atoms with E-state index in [0.717, 1.165) is 25.8 Å². The molecule has 82 valence electrons. The molecule has 0 aromatic rings. The zero-order valence-corrected chi connectivity index (χ0v) is 8.99. The molecule has 1 fully saturated rings. The summed E-state index contributed by atoms with van der Waals surface area (Å²) in [6.07, 6.45) is 2.62. The molecule has 0 aromatic carbocycles. The van der Waals surface area contributed by atoms with Crippen molar-refractivity contribution in [1.29, 1.82) is 0 Å². The van der Waals surface area contributed by atoms with Gasteiger partial charge in [0.25, 0.3) is 0 Å². The highest BCUT2D eigenvalue weighted by Crippen LogP contribution is 2.18. The van der Waals surface area contributed by atoms with Crippen LogP contribution in [0.5, 0.6) is 0 Å². The lowest BCUT2D eigenvalue weighted by atomic mass is 10.2. The number of nitrogens with zero attached hydrogens (tertiary/aromatic N) is 1. The maximum atomic E-state index is 11.4. The summed E-state index contributed by atoms with van der Waals surface area (Å²) in [6, 6.07) is 0.115. The molecule has 1 rings (SSSR count). The number of hydrogen-bond donors (Lipinski definition) is 2. The van der Waals surface area contributed by atoms with E-state index < -0.39 is 0 Å². The van der Waals surface area contributed by atoms with Gasteiger partial charge in [0.2, 0.25) is 5.91 Å². The molecule has 1 aliphatic carbocycles. The molecule has 0 saturated heterocycles. The lowest BCUT2D eigenvalue weighted by Gasteiger charge is -2.19. The van der Waals surface area contributed by atoms with Crippen LogP contribution in [0.2, 0.25) is 0 Å². The molecule has 14 heavy (non-hydrogen) atoms. The van der Waals surface area contributed by atoms with Crippen molar-refractivity contribution in [2.45, 2.75) is 38.3 Å². The summed E-state index contributed by atoms with van der Waals surface area (Å²) in [7, 11) is 1.79. The van der Waals surface area contributed by atoms with Gasteiger partial charge < -0.3 is 15.3 Å². The average Bonchev–Trinajstić information content (AvgIpc) is 2.59. The Kier molecular flexibility index (Phi) is 4.35. The van der Waals surface area contributed by atoms with Crippen LogP contribution >= 0.6 is 0 Å². The van der Waals surface area contributed by atoms with Gasteiger partial charge in [-0.05, 0) is 26.2 Å². The van der Waals surface area contributed by atoms with E-state index in [9.17, 15) is 9.90 Å². The van der Waals surface area contributed by atoms with E-state index in [1.54, 1.807) is 11.9 Å². The monoisotopic (exact) mass is 200 g/mol. The van der Waals surface area contributed by atoms with E-state index in [1.807, 2.05) is 6.92 Å². The van der Waals surface area contributed by atoms with Crippen LogP contribution in [-0.2, 0) is 4.79 Å². The number of nitrogens with one attached hydrogen (secondary N) is 1. The maximum Gasteiger partial charge on any atom is 0.236 e. The van der Waals surface area contributed by atoms with Gasteiger partial charge in [-0.15, -0.1) is 0 Å². The molecule has 0 spiro atoms. The van der Waals surface area contributed by atoms with Crippen molar-refractivity contribution in [1.82, 2.24) is 10.2 Å². The van der Waals surface area contributed by atoms with Crippen molar-refractivity contribution in [3.05, 3.63) is 0 Å². The van der Waals surface area contributed by atoms with E-state index in [4.69, 9.17) is 0 Å². The quantitative estimate of drug-likeness (QED) is 0.670. The number of carbonyl (C=O) groups excluding carboxylic acids is 1. The van der Waals surface area contributed by atoms with Crippen molar-refractivity contribution in [3.63, 3.8) is 0 Å². The largest absolute Gasteiger partial charge is 0.392 e. The van der Waals surface area contributed by atoms with Crippen LogP contribution in [0.25, 0.3) is 0 Å². The topological polar surface area (TPSA) is 52.6 Å². The fraction of sp³-hybridized carbons (Fsp3) is 0.900. The van der Waals surface area contributed by atoms with Crippen LogP contribution in [0.4, 0.5) is 0 Å². The molecular weight excluding hydrogens is 180 g/mol. The second-order valence-corrected chi connectivity index (χ2v) is 3.89. The number of rotatable bonds is 4. The molecule has 2 N–H and O–H groups in total. The van der Waals surface area contributed by atoms with Crippen molar-refractivity contribution >= 4 is 5.91 Å². The first kappa shape index (κ1) is 11.5. The Morgan fingerprint density at radius 1 is 1.57 bits per heavy atom. The molecule has 4 nitrogen and oxygen atoms in total. The van der Waals surface area contributed by atoms with Crippen LogP contribution < -0.4 is 5.32 Å². The molecule has 2 atom stereocenters. The third-order valence-corrected chi connectivity index (χ3v) is 2.90. The molecule has 0 heterocycles. The van der Waals surface area contributed by atoms with Crippen LogP contribution in [-0.4, -0.2) is 48.2 Å². The van der Waals surface area contributed by atoms with Crippen molar-refractivity contribution in [3.8, 4) is 0 Å². The molecule has 4 heteroatoms. The van der Waals surface area contributed by atoms with Gasteiger partial charge in [-0.1, -0.05) is 0 Å². The molecule has 0 aromatic heterocycles. The minimum absolute atomic E-state index is 0.0894. The Labute approximate surface area is 85.3 Å². The summed E-state index contributed by atoms with van der Waals surface area (Å²) in [4.78, 5) is 13.1. The molecule has 1 aliphatic rings. The van der Waals surface area contributed by atoms with Crippen LogP contribution in [0.3, 0.4) is 0 Å². The Morgan fingerprint density at radius 3 is 2.79 bits per heavy atom. The van der Waals surface area contributed by atoms with Gasteiger partial charge in [0.05, 0.1) is 12.6 Å². The van der Waals surface area contributed by atoms with Crippen LogP contribution in [0, 0.1) is 0 Å². The minimum Gasteiger partial charge on any atom is -0.392 e. The molecule has 1 saturated carbocycles. The smallest absolute Gasteiger partial charge is 0.236 e. The average molecular weight is 200 g/mol. The fourth-order valence-corrected chi connectivity index (χ4v) is 1.71. The lowest BCUT2D eigenvalue weighted by Crippen LogP contribution is -2.42. The SMILES string of the molecule is CCN(C)C(=O)CN[C@@H]1CCC[C@H]1O. The lowest BCUT2D eigenvalue weighted by molar-refractivity contribution is -0.128. The maximum absolute atomic E-state index is 11.4.